The normalized spacial score (nSPS) is 15.4. The molecule has 1 N–H and O–H groups in total. The van der Waals surface area contributed by atoms with Crippen LogP contribution in [0.5, 0.6) is 11.5 Å². The molecule has 1 fully saturated rings. The van der Waals surface area contributed by atoms with E-state index in [4.69, 9.17) is 26.1 Å². The van der Waals surface area contributed by atoms with E-state index >= 15 is 0 Å². The van der Waals surface area contributed by atoms with Crippen LogP contribution in [0.2, 0.25) is 5.02 Å². The molecule has 0 saturated carbocycles. The molecule has 186 valence electrons. The van der Waals surface area contributed by atoms with Crippen molar-refractivity contribution in [3.63, 3.8) is 0 Å². The van der Waals surface area contributed by atoms with Crippen LogP contribution in [-0.4, -0.2) is 47.7 Å². The maximum atomic E-state index is 10.8. The second-order valence-corrected chi connectivity index (χ2v) is 9.11. The molecule has 1 saturated heterocycles. The van der Waals surface area contributed by atoms with Gasteiger partial charge in [-0.1, -0.05) is 23.7 Å². The standard InChI is InChI=1S/C26H26ClN5O4/c1-35-24-13-25(36-2)22(27)12-21(24)23-16-31-10-8-20(11-26(31)29-23)30-9-7-18(15-30)28-14-17-3-5-19(6-4-17)32(33)34/h3-6,8,10-13,16,18,28H,7,9,14-15H2,1-2H3. The molecule has 0 spiro atoms. The molecule has 10 heteroatoms. The van der Waals surface area contributed by atoms with Crippen molar-refractivity contribution in [3.05, 3.63) is 81.6 Å². The molecule has 0 bridgehead atoms. The van der Waals surface area contributed by atoms with E-state index in [-0.39, 0.29) is 10.6 Å². The summed E-state index contributed by atoms with van der Waals surface area (Å²) in [6.07, 6.45) is 4.98. The Labute approximate surface area is 213 Å². The zero-order valence-electron chi connectivity index (χ0n) is 20.0. The van der Waals surface area contributed by atoms with Crippen LogP contribution in [0, 0.1) is 10.1 Å². The Morgan fingerprint density at radius 1 is 1.14 bits per heavy atom. The number of benzene rings is 2. The number of imidazole rings is 1. The lowest BCUT2D eigenvalue weighted by Gasteiger charge is -2.19. The predicted molar refractivity (Wildman–Crippen MR) is 139 cm³/mol. The highest BCUT2D eigenvalue weighted by atomic mass is 35.5. The molecule has 1 aliphatic rings. The maximum Gasteiger partial charge on any atom is 0.269 e. The average Bonchev–Trinajstić information content (AvgIpc) is 3.54. The first-order valence-corrected chi connectivity index (χ1v) is 12.0. The molecule has 5 rings (SSSR count). The molecule has 36 heavy (non-hydrogen) atoms. The first-order chi connectivity index (χ1) is 17.4. The van der Waals surface area contributed by atoms with E-state index < -0.39 is 0 Å². The van der Waals surface area contributed by atoms with Gasteiger partial charge >= 0.3 is 0 Å². The number of nitrogens with zero attached hydrogens (tertiary/aromatic N) is 4. The highest BCUT2D eigenvalue weighted by Gasteiger charge is 2.23. The number of rotatable bonds is 8. The quantitative estimate of drug-likeness (QED) is 0.266. The van der Waals surface area contributed by atoms with Gasteiger partial charge in [-0.15, -0.1) is 0 Å². The number of hydrogen-bond donors (Lipinski definition) is 1. The number of ether oxygens (including phenoxy) is 2. The van der Waals surface area contributed by atoms with E-state index in [1.807, 2.05) is 22.9 Å². The molecular formula is C26H26ClN5O4. The van der Waals surface area contributed by atoms with Crippen molar-refractivity contribution in [3.8, 4) is 22.8 Å². The number of anilines is 1. The molecule has 3 heterocycles. The van der Waals surface area contributed by atoms with Gasteiger partial charge in [0, 0.05) is 73.6 Å². The summed E-state index contributed by atoms with van der Waals surface area (Å²) in [6, 6.07) is 14.8. The van der Waals surface area contributed by atoms with Crippen LogP contribution >= 0.6 is 11.6 Å². The van der Waals surface area contributed by atoms with Gasteiger partial charge < -0.3 is 24.1 Å². The van der Waals surface area contributed by atoms with E-state index in [1.54, 1.807) is 44.6 Å². The molecule has 2 aromatic carbocycles. The van der Waals surface area contributed by atoms with Crippen molar-refractivity contribution in [2.45, 2.75) is 19.0 Å². The highest BCUT2D eigenvalue weighted by molar-refractivity contribution is 6.32. The fourth-order valence-electron chi connectivity index (χ4n) is 4.52. The smallest absolute Gasteiger partial charge is 0.269 e. The van der Waals surface area contributed by atoms with Crippen LogP contribution in [0.4, 0.5) is 11.4 Å². The van der Waals surface area contributed by atoms with Crippen molar-refractivity contribution < 1.29 is 14.4 Å². The molecular weight excluding hydrogens is 482 g/mol. The van der Waals surface area contributed by atoms with Gasteiger partial charge in [-0.2, -0.15) is 0 Å². The van der Waals surface area contributed by atoms with Crippen LogP contribution in [0.15, 0.2) is 60.9 Å². The minimum Gasteiger partial charge on any atom is -0.496 e. The zero-order valence-corrected chi connectivity index (χ0v) is 20.7. The van der Waals surface area contributed by atoms with Gasteiger partial charge in [0.05, 0.1) is 29.9 Å². The molecule has 0 amide bonds. The Bertz CT molecular complexity index is 1410. The second kappa shape index (κ2) is 10.0. The summed E-state index contributed by atoms with van der Waals surface area (Å²) in [5.74, 6) is 1.19. The number of nitrogens with one attached hydrogen (secondary N) is 1. The number of pyridine rings is 1. The summed E-state index contributed by atoms with van der Waals surface area (Å²) in [7, 11) is 3.18. The molecule has 1 atom stereocenters. The summed E-state index contributed by atoms with van der Waals surface area (Å²) >= 11 is 6.36. The number of halogens is 1. The highest BCUT2D eigenvalue weighted by Crippen LogP contribution is 2.38. The van der Waals surface area contributed by atoms with Gasteiger partial charge in [-0.05, 0) is 24.1 Å². The first kappa shape index (κ1) is 23.9. The molecule has 1 aliphatic heterocycles. The fourth-order valence-corrected chi connectivity index (χ4v) is 4.76. The van der Waals surface area contributed by atoms with Crippen molar-refractivity contribution in [2.75, 3.05) is 32.2 Å². The van der Waals surface area contributed by atoms with E-state index in [2.05, 4.69) is 22.3 Å². The maximum absolute atomic E-state index is 10.8. The van der Waals surface area contributed by atoms with Crippen LogP contribution in [0.1, 0.15) is 12.0 Å². The largest absolute Gasteiger partial charge is 0.496 e. The Morgan fingerprint density at radius 3 is 2.64 bits per heavy atom. The monoisotopic (exact) mass is 507 g/mol. The average molecular weight is 508 g/mol. The Balaban J connectivity index is 1.28. The molecule has 1 unspecified atom stereocenters. The van der Waals surface area contributed by atoms with Crippen molar-refractivity contribution in [2.24, 2.45) is 0 Å². The Morgan fingerprint density at radius 2 is 1.92 bits per heavy atom. The van der Waals surface area contributed by atoms with Gasteiger partial charge in [0.2, 0.25) is 0 Å². The summed E-state index contributed by atoms with van der Waals surface area (Å²) in [4.78, 5) is 17.6. The fraction of sp³-hybridized carbons (Fsp3) is 0.269. The minimum atomic E-state index is -0.381. The SMILES string of the molecule is COc1cc(OC)c(-c2cn3ccc(N4CCC(NCc5ccc([N+](=O)[O-])cc5)C4)cc3n2)cc1Cl. The summed E-state index contributed by atoms with van der Waals surface area (Å²) < 4.78 is 12.8. The van der Waals surface area contributed by atoms with Crippen molar-refractivity contribution >= 4 is 28.6 Å². The van der Waals surface area contributed by atoms with Gasteiger partial charge in [-0.25, -0.2) is 4.98 Å². The van der Waals surface area contributed by atoms with Crippen molar-refractivity contribution in [1.29, 1.82) is 0 Å². The van der Waals surface area contributed by atoms with Crippen LogP contribution in [0.3, 0.4) is 0 Å². The van der Waals surface area contributed by atoms with Crippen LogP contribution in [0.25, 0.3) is 16.9 Å². The minimum absolute atomic E-state index is 0.108. The van der Waals surface area contributed by atoms with E-state index in [0.29, 0.717) is 29.1 Å². The lowest BCUT2D eigenvalue weighted by Crippen LogP contribution is -2.32. The van der Waals surface area contributed by atoms with Gasteiger partial charge in [0.15, 0.2) is 0 Å². The number of methoxy groups -OCH3 is 2. The number of aromatic nitrogens is 2. The molecule has 9 nitrogen and oxygen atoms in total. The van der Waals surface area contributed by atoms with E-state index in [0.717, 1.165) is 47.7 Å². The van der Waals surface area contributed by atoms with Gasteiger partial charge in [0.1, 0.15) is 17.1 Å². The Kier molecular flexibility index (Phi) is 6.67. The number of non-ortho nitro benzene ring substituents is 1. The van der Waals surface area contributed by atoms with Crippen LogP contribution < -0.4 is 19.7 Å². The first-order valence-electron chi connectivity index (χ1n) is 11.6. The third-order valence-electron chi connectivity index (χ3n) is 6.49. The zero-order chi connectivity index (χ0) is 25.2. The second-order valence-electron chi connectivity index (χ2n) is 8.70. The van der Waals surface area contributed by atoms with Crippen molar-refractivity contribution in [1.82, 2.24) is 14.7 Å². The lowest BCUT2D eigenvalue weighted by atomic mass is 10.1. The third kappa shape index (κ3) is 4.80. The molecule has 4 aromatic rings. The Hall–Kier alpha value is -3.82. The molecule has 0 aliphatic carbocycles. The van der Waals surface area contributed by atoms with Gasteiger partial charge in [0.25, 0.3) is 5.69 Å². The molecule has 0 radical (unpaired) electrons. The number of hydrogen-bond acceptors (Lipinski definition) is 7. The number of nitro groups is 1. The van der Waals surface area contributed by atoms with Gasteiger partial charge in [-0.3, -0.25) is 10.1 Å². The number of nitro benzene ring substituents is 1. The third-order valence-corrected chi connectivity index (χ3v) is 6.78. The lowest BCUT2D eigenvalue weighted by molar-refractivity contribution is -0.384. The topological polar surface area (TPSA) is 94.2 Å². The van der Waals surface area contributed by atoms with E-state index in [1.165, 1.54) is 0 Å². The predicted octanol–water partition coefficient (Wildman–Crippen LogP) is 4.95. The summed E-state index contributed by atoms with van der Waals surface area (Å²) in [5, 5.41) is 14.9. The van der Waals surface area contributed by atoms with E-state index in [9.17, 15) is 10.1 Å². The number of fused-ring (bicyclic) bond motifs is 1. The van der Waals surface area contributed by atoms with Crippen LogP contribution in [-0.2, 0) is 6.54 Å². The summed E-state index contributed by atoms with van der Waals surface area (Å²) in [5.41, 5.74) is 4.64. The molecule has 2 aromatic heterocycles. The summed E-state index contributed by atoms with van der Waals surface area (Å²) in [6.45, 7) is 2.48.